The van der Waals surface area contributed by atoms with E-state index >= 15 is 0 Å². The van der Waals surface area contributed by atoms with Crippen molar-refractivity contribution in [3.05, 3.63) is 93.8 Å². The van der Waals surface area contributed by atoms with Crippen molar-refractivity contribution in [2.24, 2.45) is 0 Å². The monoisotopic (exact) mass is 453 g/mol. The SMILES string of the molecule is CC#Cc1cc(CNC(=O)c2cc(C(=O)N[C@@H]3CCc4cc(C#N)ccc43)ncn2)ccc1F. The van der Waals surface area contributed by atoms with Crippen molar-refractivity contribution in [1.82, 2.24) is 20.6 Å². The maximum atomic E-state index is 13.7. The first kappa shape index (κ1) is 22.6. The first-order valence-electron chi connectivity index (χ1n) is 10.6. The van der Waals surface area contributed by atoms with Crippen molar-refractivity contribution in [2.45, 2.75) is 32.4 Å². The summed E-state index contributed by atoms with van der Waals surface area (Å²) in [6, 6.07) is 13.1. The van der Waals surface area contributed by atoms with Gasteiger partial charge < -0.3 is 10.6 Å². The van der Waals surface area contributed by atoms with E-state index in [9.17, 15) is 14.0 Å². The summed E-state index contributed by atoms with van der Waals surface area (Å²) < 4.78 is 13.7. The molecular formula is C26H20FN5O2. The van der Waals surface area contributed by atoms with Gasteiger partial charge in [-0.3, -0.25) is 9.59 Å². The minimum atomic E-state index is -0.487. The Balaban J connectivity index is 1.41. The fraction of sp³-hybridized carbons (Fsp3) is 0.192. The second kappa shape index (κ2) is 9.93. The van der Waals surface area contributed by atoms with E-state index in [2.05, 4.69) is 38.5 Å². The van der Waals surface area contributed by atoms with Gasteiger partial charge in [0.05, 0.1) is 23.2 Å². The average Bonchev–Trinajstić information content (AvgIpc) is 3.26. The number of benzene rings is 2. The minimum Gasteiger partial charge on any atom is -0.347 e. The van der Waals surface area contributed by atoms with E-state index in [-0.39, 0.29) is 29.5 Å². The van der Waals surface area contributed by atoms with Crippen LogP contribution in [0, 0.1) is 29.0 Å². The molecule has 7 nitrogen and oxygen atoms in total. The van der Waals surface area contributed by atoms with Crippen LogP contribution in [0.15, 0.2) is 48.8 Å². The summed E-state index contributed by atoms with van der Waals surface area (Å²) in [5.41, 5.74) is 3.66. The van der Waals surface area contributed by atoms with Crippen LogP contribution >= 0.6 is 0 Å². The predicted octanol–water partition coefficient (Wildman–Crippen LogP) is 3.21. The molecule has 4 rings (SSSR count). The zero-order valence-electron chi connectivity index (χ0n) is 18.4. The van der Waals surface area contributed by atoms with Gasteiger partial charge in [-0.15, -0.1) is 5.92 Å². The third kappa shape index (κ3) is 4.92. The van der Waals surface area contributed by atoms with E-state index in [0.717, 1.165) is 24.0 Å². The largest absolute Gasteiger partial charge is 0.347 e. The summed E-state index contributed by atoms with van der Waals surface area (Å²) in [6.45, 7) is 1.76. The highest BCUT2D eigenvalue weighted by Crippen LogP contribution is 2.31. The summed E-state index contributed by atoms with van der Waals surface area (Å²) >= 11 is 0. The zero-order chi connectivity index (χ0) is 24.1. The molecule has 0 fully saturated rings. The Morgan fingerprint density at radius 1 is 1.12 bits per heavy atom. The maximum absolute atomic E-state index is 13.7. The Bertz CT molecular complexity index is 1380. The Hall–Kier alpha value is -4.56. The summed E-state index contributed by atoms with van der Waals surface area (Å²) in [5, 5.41) is 14.7. The number of hydrogen-bond acceptors (Lipinski definition) is 5. The molecule has 2 N–H and O–H groups in total. The number of aryl methyl sites for hydroxylation is 1. The quantitative estimate of drug-likeness (QED) is 0.577. The number of rotatable bonds is 5. The van der Waals surface area contributed by atoms with Crippen LogP contribution < -0.4 is 10.6 Å². The standard InChI is InChI=1S/C26H20FN5O2/c1-2-3-19-11-17(5-8-21(19)27)14-29-25(33)23-12-24(31-15-30-23)26(34)32-22-9-6-18-10-16(13-28)4-7-20(18)22/h4-5,7-8,10-12,15,22H,6,9,14H2,1H3,(H,29,33)(H,32,34)/t22-/m1/s1. The molecule has 2 amide bonds. The summed E-state index contributed by atoms with van der Waals surface area (Å²) in [4.78, 5) is 33.3. The van der Waals surface area contributed by atoms with Crippen LogP contribution in [0.25, 0.3) is 0 Å². The van der Waals surface area contributed by atoms with Gasteiger partial charge in [-0.05, 0) is 60.7 Å². The van der Waals surface area contributed by atoms with Crippen molar-refractivity contribution in [3.63, 3.8) is 0 Å². The molecule has 8 heteroatoms. The lowest BCUT2D eigenvalue weighted by Crippen LogP contribution is -2.29. The van der Waals surface area contributed by atoms with Gasteiger partial charge in [0.1, 0.15) is 23.5 Å². The number of nitriles is 1. The molecule has 34 heavy (non-hydrogen) atoms. The summed E-state index contributed by atoms with van der Waals surface area (Å²) in [5.74, 6) is 4.00. The summed E-state index contributed by atoms with van der Waals surface area (Å²) in [6.07, 6.45) is 2.65. The fourth-order valence-corrected chi connectivity index (χ4v) is 3.86. The number of nitrogens with zero attached hydrogens (tertiary/aromatic N) is 3. The molecule has 0 saturated carbocycles. The molecule has 0 aliphatic heterocycles. The van der Waals surface area contributed by atoms with Crippen LogP contribution in [0.5, 0.6) is 0 Å². The molecule has 3 aromatic rings. The summed E-state index contributed by atoms with van der Waals surface area (Å²) in [7, 11) is 0. The number of nitrogens with one attached hydrogen (secondary N) is 2. The first-order chi connectivity index (χ1) is 16.5. The van der Waals surface area contributed by atoms with Crippen molar-refractivity contribution in [2.75, 3.05) is 0 Å². The van der Waals surface area contributed by atoms with E-state index in [1.807, 2.05) is 12.1 Å². The predicted molar refractivity (Wildman–Crippen MR) is 122 cm³/mol. The Morgan fingerprint density at radius 2 is 1.91 bits per heavy atom. The smallest absolute Gasteiger partial charge is 0.270 e. The number of amides is 2. The Kier molecular flexibility index (Phi) is 6.61. The van der Waals surface area contributed by atoms with Gasteiger partial charge in [0, 0.05) is 12.6 Å². The molecule has 1 heterocycles. The second-order valence-electron chi connectivity index (χ2n) is 7.75. The Morgan fingerprint density at radius 3 is 2.68 bits per heavy atom. The van der Waals surface area contributed by atoms with Crippen LogP contribution in [0.1, 0.15) is 68.2 Å². The molecule has 168 valence electrons. The number of fused-ring (bicyclic) bond motifs is 1. The van der Waals surface area contributed by atoms with Gasteiger partial charge in [-0.1, -0.05) is 18.1 Å². The van der Waals surface area contributed by atoms with Crippen molar-refractivity contribution >= 4 is 11.8 Å². The Labute approximate surface area is 196 Å². The molecule has 1 aromatic heterocycles. The molecule has 0 spiro atoms. The van der Waals surface area contributed by atoms with Crippen LogP contribution in [0.4, 0.5) is 4.39 Å². The van der Waals surface area contributed by atoms with Gasteiger partial charge in [0.25, 0.3) is 11.8 Å². The number of carbonyl (C=O) groups excluding carboxylic acids is 2. The molecule has 2 aromatic carbocycles. The minimum absolute atomic E-state index is 0.0429. The molecule has 0 bridgehead atoms. The van der Waals surface area contributed by atoms with E-state index in [4.69, 9.17) is 5.26 Å². The van der Waals surface area contributed by atoms with Crippen LogP contribution in [-0.4, -0.2) is 21.8 Å². The molecule has 1 aliphatic rings. The first-order valence-corrected chi connectivity index (χ1v) is 10.6. The highest BCUT2D eigenvalue weighted by atomic mass is 19.1. The lowest BCUT2D eigenvalue weighted by atomic mass is 10.1. The zero-order valence-corrected chi connectivity index (χ0v) is 18.4. The lowest BCUT2D eigenvalue weighted by Gasteiger charge is -2.14. The second-order valence-corrected chi connectivity index (χ2v) is 7.75. The van der Waals surface area contributed by atoms with E-state index < -0.39 is 17.6 Å². The van der Waals surface area contributed by atoms with Gasteiger partial charge in [-0.25, -0.2) is 14.4 Å². The molecular weight excluding hydrogens is 433 g/mol. The number of halogens is 1. The molecule has 0 radical (unpaired) electrons. The fourth-order valence-electron chi connectivity index (χ4n) is 3.86. The van der Waals surface area contributed by atoms with Gasteiger partial charge in [-0.2, -0.15) is 5.26 Å². The van der Waals surface area contributed by atoms with Crippen molar-refractivity contribution < 1.29 is 14.0 Å². The maximum Gasteiger partial charge on any atom is 0.270 e. The van der Waals surface area contributed by atoms with Crippen molar-refractivity contribution in [3.8, 4) is 17.9 Å². The van der Waals surface area contributed by atoms with Crippen LogP contribution in [0.2, 0.25) is 0 Å². The van der Waals surface area contributed by atoms with Gasteiger partial charge in [0.2, 0.25) is 0 Å². The lowest BCUT2D eigenvalue weighted by molar-refractivity contribution is 0.0931. The van der Waals surface area contributed by atoms with E-state index in [1.54, 1.807) is 25.1 Å². The molecule has 0 saturated heterocycles. The molecule has 1 aliphatic carbocycles. The normalized spacial score (nSPS) is 13.7. The third-order valence-electron chi connectivity index (χ3n) is 5.53. The van der Waals surface area contributed by atoms with E-state index in [1.165, 1.54) is 18.5 Å². The molecule has 1 atom stereocenters. The number of aromatic nitrogens is 2. The highest BCUT2D eigenvalue weighted by Gasteiger charge is 2.25. The van der Waals surface area contributed by atoms with Crippen molar-refractivity contribution in [1.29, 1.82) is 5.26 Å². The van der Waals surface area contributed by atoms with Crippen LogP contribution in [-0.2, 0) is 13.0 Å². The van der Waals surface area contributed by atoms with Crippen LogP contribution in [0.3, 0.4) is 0 Å². The average molecular weight is 453 g/mol. The third-order valence-corrected chi connectivity index (χ3v) is 5.53. The van der Waals surface area contributed by atoms with Gasteiger partial charge in [0.15, 0.2) is 0 Å². The number of hydrogen-bond donors (Lipinski definition) is 2. The molecule has 0 unspecified atom stereocenters. The topological polar surface area (TPSA) is 108 Å². The highest BCUT2D eigenvalue weighted by molar-refractivity contribution is 5.97. The van der Waals surface area contributed by atoms with Gasteiger partial charge >= 0.3 is 0 Å². The number of carbonyl (C=O) groups is 2. The van der Waals surface area contributed by atoms with E-state index in [0.29, 0.717) is 11.1 Å².